The van der Waals surface area contributed by atoms with Gasteiger partial charge in [0.2, 0.25) is 0 Å². The molecule has 0 saturated carbocycles. The lowest BCUT2D eigenvalue weighted by molar-refractivity contribution is 0.0958. The molecule has 48 heavy (non-hydrogen) atoms. The van der Waals surface area contributed by atoms with Gasteiger partial charge in [-0.15, -0.1) is 0 Å². The fourth-order valence-corrected chi connectivity index (χ4v) is 5.72. The Hall–Kier alpha value is -5.12. The Labute approximate surface area is 272 Å². The number of halogens is 5. The molecule has 0 aliphatic carbocycles. The number of hydrogen-bond acceptors (Lipinski definition) is 5. The maximum Gasteiger partial charge on any atom is 0.407 e. The van der Waals surface area contributed by atoms with Crippen molar-refractivity contribution in [2.24, 2.45) is 0 Å². The van der Waals surface area contributed by atoms with Crippen LogP contribution in [0.15, 0.2) is 84.3 Å². The van der Waals surface area contributed by atoms with Gasteiger partial charge >= 0.3 is 16.3 Å². The van der Waals surface area contributed by atoms with Gasteiger partial charge < -0.3 is 20.1 Å². The minimum absolute atomic E-state index is 0.0268. The number of fused-ring (bicyclic) bond motifs is 1. The maximum absolute atomic E-state index is 13.9. The number of ether oxygens (including phenoxy) is 1. The largest absolute Gasteiger partial charge is 0.493 e. The molecule has 0 aliphatic heterocycles. The van der Waals surface area contributed by atoms with Crippen LogP contribution in [-0.4, -0.2) is 59.9 Å². The second-order valence-electron chi connectivity index (χ2n) is 12.2. The molecule has 0 fully saturated rings. The van der Waals surface area contributed by atoms with E-state index in [4.69, 9.17) is 4.74 Å². The number of nitrogens with zero attached hydrogens (tertiary/aromatic N) is 5. The summed E-state index contributed by atoms with van der Waals surface area (Å²) in [5.41, 5.74) is 2.29. The Morgan fingerprint density at radius 2 is 1.77 bits per heavy atom. The molecule has 3 aromatic heterocycles. The molecule has 10 nitrogen and oxygen atoms in total. The first-order valence-corrected chi connectivity index (χ1v) is 16.6. The topological polar surface area (TPSA) is 114 Å². The first-order chi connectivity index (χ1) is 22.2. The van der Waals surface area contributed by atoms with Gasteiger partial charge in [0.15, 0.2) is 0 Å². The van der Waals surface area contributed by atoms with Gasteiger partial charge in [0, 0.05) is 65.8 Å². The number of amides is 2. The molecule has 0 spiro atoms. The molecular formula is C32H33F5N6O4S. The zero-order valence-electron chi connectivity index (χ0n) is 26.3. The number of carboxylic acid groups (broad SMARTS) is 1. The highest BCUT2D eigenvalue weighted by atomic mass is 32.5. The summed E-state index contributed by atoms with van der Waals surface area (Å²) in [4.78, 5) is 27.7. The summed E-state index contributed by atoms with van der Waals surface area (Å²) in [6.07, 6.45) is 5.65. The summed E-state index contributed by atoms with van der Waals surface area (Å²) in [6, 6.07) is 11.5. The average molecular weight is 693 g/mol. The van der Waals surface area contributed by atoms with Gasteiger partial charge in [-0.25, -0.2) is 9.31 Å². The van der Waals surface area contributed by atoms with E-state index >= 15 is 0 Å². The standard InChI is InChI=1S/C32H33F5N6O4S/c1-21-8-9-24(17-28(21)41-12-13-43-29(41)19-27(40-43)22-7-5-10-38-20-22)39-30(44)23-15-25(18-26(16-23)48(33,34,35,36)37)47-14-6-11-42(31(45)46)32(2,3)4/h5,7-10,12-13,15-20H,6,11,14H2,1-4H3,(H,39,44)(H,45,46). The van der Waals surface area contributed by atoms with E-state index in [1.165, 1.54) is 6.07 Å². The van der Waals surface area contributed by atoms with Crippen molar-refractivity contribution in [3.63, 3.8) is 0 Å². The van der Waals surface area contributed by atoms with Crippen molar-refractivity contribution < 1.29 is 38.9 Å². The van der Waals surface area contributed by atoms with Gasteiger partial charge in [-0.1, -0.05) is 25.5 Å². The number of aryl methyl sites for hydroxylation is 1. The number of carbonyl (C=O) groups excluding carboxylic acids is 1. The van der Waals surface area contributed by atoms with Gasteiger partial charge in [0.05, 0.1) is 18.0 Å². The Balaban J connectivity index is 1.40. The second kappa shape index (κ2) is 11.5. The zero-order chi connectivity index (χ0) is 35.1. The summed E-state index contributed by atoms with van der Waals surface area (Å²) in [5, 5.41) is 16.5. The molecule has 2 aromatic carbocycles. The molecule has 5 rings (SSSR count). The lowest BCUT2D eigenvalue weighted by Crippen LogP contribution is -2.45. The first kappa shape index (κ1) is 34.2. The highest BCUT2D eigenvalue weighted by Crippen LogP contribution is 3.02. The lowest BCUT2D eigenvalue weighted by atomic mass is 10.1. The minimum Gasteiger partial charge on any atom is -0.493 e. The summed E-state index contributed by atoms with van der Waals surface area (Å²) in [6.45, 7) is 6.50. The highest BCUT2D eigenvalue weighted by Gasteiger charge is 2.65. The molecule has 0 bridgehead atoms. The summed E-state index contributed by atoms with van der Waals surface area (Å²) in [7, 11) is -10.2. The Kier molecular flexibility index (Phi) is 8.23. The number of carbonyl (C=O) groups is 2. The van der Waals surface area contributed by atoms with Crippen molar-refractivity contribution >= 4 is 33.6 Å². The maximum atomic E-state index is 13.9. The van der Waals surface area contributed by atoms with Crippen LogP contribution in [0.3, 0.4) is 0 Å². The normalized spacial score (nSPS) is 13.5. The number of rotatable bonds is 10. The molecule has 3 heterocycles. The van der Waals surface area contributed by atoms with Crippen LogP contribution in [0.1, 0.15) is 43.1 Å². The van der Waals surface area contributed by atoms with E-state index in [2.05, 4.69) is 15.4 Å². The summed E-state index contributed by atoms with van der Waals surface area (Å²) >= 11 is 0. The molecule has 256 valence electrons. The molecule has 5 aromatic rings. The molecule has 0 aliphatic rings. The van der Waals surface area contributed by atoms with E-state index in [1.807, 2.05) is 23.6 Å². The van der Waals surface area contributed by atoms with Gasteiger partial charge in [0.1, 0.15) is 16.3 Å². The van der Waals surface area contributed by atoms with E-state index in [0.717, 1.165) is 22.1 Å². The third-order valence-electron chi connectivity index (χ3n) is 7.43. The van der Waals surface area contributed by atoms with Crippen LogP contribution in [-0.2, 0) is 0 Å². The Morgan fingerprint density at radius 1 is 1.02 bits per heavy atom. The SMILES string of the molecule is Cc1ccc(NC(=O)c2cc(OCCCN(C(=O)O)C(C)(C)C)cc(S(F)(F)(F)(F)F)c2)cc1-n1ccn2nc(-c3cccnc3)cc12. The van der Waals surface area contributed by atoms with E-state index < -0.39 is 44.0 Å². The highest BCUT2D eigenvalue weighted by molar-refractivity contribution is 8.45. The van der Waals surface area contributed by atoms with Crippen LogP contribution < -0.4 is 10.1 Å². The molecule has 0 radical (unpaired) electrons. The minimum atomic E-state index is -10.2. The molecule has 16 heteroatoms. The number of benzene rings is 2. The number of imidazole rings is 1. The Bertz CT molecular complexity index is 2010. The summed E-state index contributed by atoms with van der Waals surface area (Å²) in [5.74, 6) is -1.70. The van der Waals surface area contributed by atoms with Crippen LogP contribution in [0, 0.1) is 6.92 Å². The fourth-order valence-electron chi connectivity index (χ4n) is 5.03. The third-order valence-corrected chi connectivity index (χ3v) is 8.55. The van der Waals surface area contributed by atoms with Crippen LogP contribution in [0.25, 0.3) is 22.6 Å². The van der Waals surface area contributed by atoms with Crippen LogP contribution in [0.4, 0.5) is 29.9 Å². The van der Waals surface area contributed by atoms with Gasteiger partial charge in [0.25, 0.3) is 5.91 Å². The number of anilines is 1. The van der Waals surface area contributed by atoms with E-state index in [0.29, 0.717) is 17.0 Å². The molecular weight excluding hydrogens is 659 g/mol. The summed E-state index contributed by atoms with van der Waals surface area (Å²) < 4.78 is 78.5. The quantitative estimate of drug-likeness (QED) is 0.112. The van der Waals surface area contributed by atoms with Crippen molar-refractivity contribution in [3.8, 4) is 22.7 Å². The molecule has 2 amide bonds. The average Bonchev–Trinajstić information content (AvgIpc) is 3.58. The first-order valence-electron chi connectivity index (χ1n) is 14.6. The van der Waals surface area contributed by atoms with Crippen molar-refractivity contribution in [3.05, 3.63) is 90.5 Å². The van der Waals surface area contributed by atoms with Crippen molar-refractivity contribution in [1.29, 1.82) is 0 Å². The molecule has 0 atom stereocenters. The fraction of sp³-hybridized carbons (Fsp3) is 0.250. The van der Waals surface area contributed by atoms with Gasteiger partial charge in [-0.05, 0) is 76.1 Å². The van der Waals surface area contributed by atoms with E-state index in [-0.39, 0.29) is 37.4 Å². The molecule has 0 unspecified atom stereocenters. The number of aromatic nitrogens is 4. The van der Waals surface area contributed by atoms with E-state index in [1.54, 1.807) is 68.3 Å². The van der Waals surface area contributed by atoms with Crippen LogP contribution >= 0.6 is 10.2 Å². The van der Waals surface area contributed by atoms with Gasteiger partial charge in [-0.3, -0.25) is 14.3 Å². The van der Waals surface area contributed by atoms with E-state index in [9.17, 15) is 34.1 Å². The number of pyridine rings is 1. The molecule has 0 saturated heterocycles. The molecule has 2 N–H and O–H groups in total. The van der Waals surface area contributed by atoms with Crippen LogP contribution in [0.5, 0.6) is 5.75 Å². The van der Waals surface area contributed by atoms with Crippen molar-refractivity contribution in [2.75, 3.05) is 18.5 Å². The van der Waals surface area contributed by atoms with Crippen LogP contribution in [0.2, 0.25) is 0 Å². The number of nitrogens with one attached hydrogen (secondary N) is 1. The lowest BCUT2D eigenvalue weighted by Gasteiger charge is -2.40. The number of hydrogen-bond donors (Lipinski definition) is 2. The zero-order valence-corrected chi connectivity index (χ0v) is 27.1. The monoisotopic (exact) mass is 692 g/mol. The predicted molar refractivity (Wildman–Crippen MR) is 173 cm³/mol. The van der Waals surface area contributed by atoms with Gasteiger partial charge in [-0.2, -0.15) is 5.10 Å². The second-order valence-corrected chi connectivity index (χ2v) is 14.6. The third kappa shape index (κ3) is 7.70. The van der Waals surface area contributed by atoms with Crippen molar-refractivity contribution in [1.82, 2.24) is 24.1 Å². The predicted octanol–water partition coefficient (Wildman–Crippen LogP) is 8.95. The Morgan fingerprint density at radius 3 is 2.42 bits per heavy atom. The van der Waals surface area contributed by atoms with Crippen molar-refractivity contribution in [2.45, 2.75) is 44.6 Å². The smallest absolute Gasteiger partial charge is 0.407 e.